The topological polar surface area (TPSA) is 131 Å². The second kappa shape index (κ2) is 7.88. The van der Waals surface area contributed by atoms with E-state index < -0.39 is 12.1 Å². The molecule has 0 saturated carbocycles. The maximum atomic E-state index is 10.6. The van der Waals surface area contributed by atoms with E-state index in [-0.39, 0.29) is 5.95 Å². The lowest BCUT2D eigenvalue weighted by atomic mass is 10.00. The monoisotopic (exact) mass is 457 g/mol. The molecule has 0 aliphatic heterocycles. The molecule has 12 heteroatoms. The van der Waals surface area contributed by atoms with Crippen LogP contribution in [0, 0.1) is 0 Å². The number of carbonyl (C=O) groups is 1. The highest BCUT2D eigenvalue weighted by Gasteiger charge is 2.38. The van der Waals surface area contributed by atoms with Crippen LogP contribution in [0.5, 0.6) is 0 Å². The average molecular weight is 458 g/mol. The Morgan fingerprint density at radius 2 is 1.73 bits per heavy atom. The number of alkyl halides is 3. The van der Waals surface area contributed by atoms with E-state index in [1.54, 1.807) is 12.1 Å². The number of benzene rings is 2. The van der Waals surface area contributed by atoms with Crippen LogP contribution in [0.2, 0.25) is 10.0 Å². The van der Waals surface area contributed by atoms with Crippen molar-refractivity contribution in [1.82, 2.24) is 15.0 Å². The maximum absolute atomic E-state index is 10.6. The molecule has 0 spiro atoms. The number of nitrogens with two attached hydrogens (primary N) is 2. The fourth-order valence-corrected chi connectivity index (χ4v) is 3.34. The molecule has 30 heavy (non-hydrogen) atoms. The zero-order chi connectivity index (χ0) is 22.2. The Hall–Kier alpha value is -3.24. The number of aromatic amines is 1. The van der Waals surface area contributed by atoms with Crippen molar-refractivity contribution in [1.29, 1.82) is 0 Å². The number of hydrogen-bond donors (Lipinski definition) is 4. The Balaban J connectivity index is 0.000000318. The zero-order valence-corrected chi connectivity index (χ0v) is 16.3. The van der Waals surface area contributed by atoms with Crippen LogP contribution in [0.15, 0.2) is 36.5 Å². The summed E-state index contributed by atoms with van der Waals surface area (Å²) in [6, 6.07) is 9.21. The first kappa shape index (κ1) is 21.5. The van der Waals surface area contributed by atoms with E-state index in [1.165, 1.54) is 0 Å². The van der Waals surface area contributed by atoms with Crippen molar-refractivity contribution in [3.05, 3.63) is 46.6 Å². The van der Waals surface area contributed by atoms with Crippen LogP contribution in [0.3, 0.4) is 0 Å². The Morgan fingerprint density at radius 1 is 1.07 bits per heavy atom. The summed E-state index contributed by atoms with van der Waals surface area (Å²) < 4.78 is 31.7. The van der Waals surface area contributed by atoms with Gasteiger partial charge < -0.3 is 21.6 Å². The van der Waals surface area contributed by atoms with Gasteiger partial charge in [0.2, 0.25) is 5.95 Å². The molecular formula is C18H12Cl2F3N5O2. The van der Waals surface area contributed by atoms with Crippen molar-refractivity contribution in [3.63, 3.8) is 0 Å². The third kappa shape index (κ3) is 4.19. The summed E-state index contributed by atoms with van der Waals surface area (Å²) in [5, 5.41) is 9.95. The number of hydrogen-bond acceptors (Lipinski definition) is 5. The van der Waals surface area contributed by atoms with Gasteiger partial charge in [-0.15, -0.1) is 0 Å². The maximum Gasteiger partial charge on any atom is 0.490 e. The number of anilines is 2. The summed E-state index contributed by atoms with van der Waals surface area (Å²) >= 11 is 12.4. The number of rotatable bonds is 1. The van der Waals surface area contributed by atoms with E-state index in [9.17, 15) is 13.2 Å². The molecule has 0 bridgehead atoms. The minimum Gasteiger partial charge on any atom is -0.475 e. The molecule has 0 radical (unpaired) electrons. The molecule has 0 atom stereocenters. The van der Waals surface area contributed by atoms with Crippen LogP contribution >= 0.6 is 23.2 Å². The number of H-pyrrole nitrogens is 1. The Kier molecular flexibility index (Phi) is 5.64. The highest BCUT2D eigenvalue weighted by atomic mass is 35.5. The van der Waals surface area contributed by atoms with Crippen LogP contribution < -0.4 is 11.5 Å². The first-order valence-corrected chi connectivity index (χ1v) is 8.83. The van der Waals surface area contributed by atoms with Crippen molar-refractivity contribution in [2.45, 2.75) is 6.18 Å². The summed E-state index contributed by atoms with van der Waals surface area (Å²) in [4.78, 5) is 20.5. The molecule has 2 aromatic heterocycles. The molecular weight excluding hydrogens is 446 g/mol. The highest BCUT2D eigenvalue weighted by molar-refractivity contribution is 6.37. The highest BCUT2D eigenvalue weighted by Crippen LogP contribution is 2.39. The minimum atomic E-state index is -5.08. The molecule has 7 nitrogen and oxygen atoms in total. The first-order valence-electron chi connectivity index (χ1n) is 8.07. The molecule has 0 fully saturated rings. The smallest absolute Gasteiger partial charge is 0.475 e. The lowest BCUT2D eigenvalue weighted by Crippen LogP contribution is -2.21. The molecule has 6 N–H and O–H groups in total. The quantitative estimate of drug-likeness (QED) is 0.322. The molecule has 2 aromatic carbocycles. The predicted molar refractivity (Wildman–Crippen MR) is 109 cm³/mol. The van der Waals surface area contributed by atoms with Gasteiger partial charge in [-0.05, 0) is 24.3 Å². The standard InChI is InChI=1S/C16H11Cl2N5.C2HF3O2/c17-7-1-2-8(11(18)5-7)10-6-12-13(9-3-4-21-14(9)10)15(19)23-16(20)22-12;3-2(4,5)1(6)7/h1-6,21H,(H4,19,20,22,23);(H,6,7). The number of nitrogen functional groups attached to an aromatic ring is 2. The van der Waals surface area contributed by atoms with E-state index >= 15 is 0 Å². The molecule has 4 rings (SSSR count). The van der Waals surface area contributed by atoms with Crippen molar-refractivity contribution in [2.24, 2.45) is 0 Å². The van der Waals surface area contributed by atoms with Gasteiger partial charge in [0, 0.05) is 32.8 Å². The van der Waals surface area contributed by atoms with Crippen molar-refractivity contribution >= 4 is 62.7 Å². The summed E-state index contributed by atoms with van der Waals surface area (Å²) in [6.45, 7) is 0. The average Bonchev–Trinajstić information content (AvgIpc) is 3.10. The number of nitrogens with one attached hydrogen (secondary N) is 1. The van der Waals surface area contributed by atoms with E-state index in [0.29, 0.717) is 21.4 Å². The molecule has 0 amide bonds. The largest absolute Gasteiger partial charge is 0.490 e. The predicted octanol–water partition coefficient (Wildman–Crippen LogP) is 4.88. The number of fused-ring (bicyclic) bond motifs is 3. The van der Waals surface area contributed by atoms with E-state index in [2.05, 4.69) is 15.0 Å². The zero-order valence-electron chi connectivity index (χ0n) is 14.8. The summed E-state index contributed by atoms with van der Waals surface area (Å²) in [5.41, 5.74) is 15.1. The second-order valence-corrected chi connectivity index (χ2v) is 6.82. The van der Waals surface area contributed by atoms with Crippen LogP contribution in [0.1, 0.15) is 0 Å². The normalized spacial score (nSPS) is 11.4. The van der Waals surface area contributed by atoms with Gasteiger partial charge in [-0.3, -0.25) is 0 Å². The number of halogens is 5. The van der Waals surface area contributed by atoms with Crippen molar-refractivity contribution in [3.8, 4) is 11.1 Å². The summed E-state index contributed by atoms with van der Waals surface area (Å²) in [6.07, 6.45) is -3.24. The van der Waals surface area contributed by atoms with Gasteiger partial charge in [-0.25, -0.2) is 9.78 Å². The minimum absolute atomic E-state index is 0.137. The van der Waals surface area contributed by atoms with Crippen molar-refractivity contribution < 1.29 is 23.1 Å². The van der Waals surface area contributed by atoms with Gasteiger partial charge in [-0.2, -0.15) is 18.2 Å². The molecule has 4 aromatic rings. The second-order valence-electron chi connectivity index (χ2n) is 5.98. The van der Waals surface area contributed by atoms with Crippen LogP contribution in [0.25, 0.3) is 32.9 Å². The molecule has 156 valence electrons. The molecule has 0 aliphatic rings. The third-order valence-electron chi connectivity index (χ3n) is 4.01. The van der Waals surface area contributed by atoms with Crippen LogP contribution in [0.4, 0.5) is 24.9 Å². The van der Waals surface area contributed by atoms with Crippen LogP contribution in [-0.2, 0) is 4.79 Å². The van der Waals surface area contributed by atoms with Gasteiger partial charge in [0.05, 0.1) is 16.4 Å². The Morgan fingerprint density at radius 3 is 2.33 bits per heavy atom. The number of carboxylic acid groups (broad SMARTS) is 1. The summed E-state index contributed by atoms with van der Waals surface area (Å²) in [7, 11) is 0. The molecule has 0 aliphatic carbocycles. The lowest BCUT2D eigenvalue weighted by molar-refractivity contribution is -0.192. The van der Waals surface area contributed by atoms with Crippen LogP contribution in [-0.4, -0.2) is 32.2 Å². The number of aromatic nitrogens is 3. The van der Waals surface area contributed by atoms with Gasteiger partial charge in [0.15, 0.2) is 0 Å². The van der Waals surface area contributed by atoms with E-state index in [1.807, 2.05) is 24.4 Å². The summed E-state index contributed by atoms with van der Waals surface area (Å²) in [5.74, 6) is -2.27. The first-order chi connectivity index (χ1) is 14.0. The Labute approximate surface area is 176 Å². The fourth-order valence-electron chi connectivity index (χ4n) is 2.83. The van der Waals surface area contributed by atoms with Gasteiger partial charge in [0.1, 0.15) is 5.82 Å². The Bertz CT molecular complexity index is 1270. The van der Waals surface area contributed by atoms with E-state index in [4.69, 9.17) is 44.6 Å². The van der Waals surface area contributed by atoms with Crippen molar-refractivity contribution in [2.75, 3.05) is 11.5 Å². The third-order valence-corrected chi connectivity index (χ3v) is 4.56. The van der Waals surface area contributed by atoms with Gasteiger partial charge in [0.25, 0.3) is 0 Å². The number of nitrogens with zero attached hydrogens (tertiary/aromatic N) is 2. The molecule has 2 heterocycles. The van der Waals surface area contributed by atoms with Gasteiger partial charge >= 0.3 is 12.1 Å². The lowest BCUT2D eigenvalue weighted by Gasteiger charge is -2.10. The molecule has 0 unspecified atom stereocenters. The molecule has 0 saturated heterocycles. The van der Waals surface area contributed by atoms with E-state index in [0.717, 1.165) is 27.4 Å². The van der Waals surface area contributed by atoms with Gasteiger partial charge in [-0.1, -0.05) is 29.3 Å². The number of aliphatic carboxylic acids is 1. The fraction of sp³-hybridized carbons (Fsp3) is 0.0556. The number of carboxylic acids is 1. The SMILES string of the molecule is Nc1nc(N)c2c(cc(-c3ccc(Cl)cc3Cl)c3[nH]ccc32)n1.O=C(O)C(F)(F)F.